The summed E-state index contributed by atoms with van der Waals surface area (Å²) in [7, 11) is 0. The molecule has 0 aromatic heterocycles. The largest absolute Gasteiger partial charge is 0.396 e. The van der Waals surface area contributed by atoms with E-state index >= 15 is 0 Å². The SMILES string of the molecule is OCCC1CCN(Cc2cccc(Cl)c2)CC1. The third-order valence-corrected chi connectivity index (χ3v) is 3.77. The van der Waals surface area contributed by atoms with Gasteiger partial charge in [-0.05, 0) is 56.0 Å². The lowest BCUT2D eigenvalue weighted by Crippen LogP contribution is -2.33. The summed E-state index contributed by atoms with van der Waals surface area (Å²) in [6.45, 7) is 3.60. The van der Waals surface area contributed by atoms with Crippen molar-refractivity contribution >= 4 is 11.6 Å². The van der Waals surface area contributed by atoms with Crippen molar-refractivity contribution in [3.05, 3.63) is 34.9 Å². The summed E-state index contributed by atoms with van der Waals surface area (Å²) in [6, 6.07) is 8.10. The minimum absolute atomic E-state index is 0.332. The van der Waals surface area contributed by atoms with Crippen LogP contribution < -0.4 is 0 Å². The molecule has 94 valence electrons. The maximum absolute atomic E-state index is 8.92. The fourth-order valence-electron chi connectivity index (χ4n) is 2.51. The van der Waals surface area contributed by atoms with Crippen LogP contribution in [0.15, 0.2) is 24.3 Å². The van der Waals surface area contributed by atoms with E-state index in [1.54, 1.807) is 0 Å². The van der Waals surface area contributed by atoms with Gasteiger partial charge in [0.25, 0.3) is 0 Å². The summed E-state index contributed by atoms with van der Waals surface area (Å²) < 4.78 is 0. The fourth-order valence-corrected chi connectivity index (χ4v) is 2.72. The van der Waals surface area contributed by atoms with Crippen molar-refractivity contribution in [2.24, 2.45) is 5.92 Å². The summed E-state index contributed by atoms with van der Waals surface area (Å²) in [5.74, 6) is 0.718. The van der Waals surface area contributed by atoms with Crippen molar-refractivity contribution in [2.45, 2.75) is 25.8 Å². The minimum atomic E-state index is 0.332. The highest BCUT2D eigenvalue weighted by molar-refractivity contribution is 6.30. The second-order valence-corrected chi connectivity index (χ2v) is 5.30. The number of hydrogen-bond donors (Lipinski definition) is 1. The molecule has 1 aromatic carbocycles. The number of aliphatic hydroxyl groups is 1. The van der Waals surface area contributed by atoms with Crippen LogP contribution in [-0.2, 0) is 6.54 Å². The molecule has 1 aromatic rings. The fraction of sp³-hybridized carbons (Fsp3) is 0.571. The number of halogens is 1. The lowest BCUT2D eigenvalue weighted by Gasteiger charge is -2.31. The Bertz CT molecular complexity index is 348. The van der Waals surface area contributed by atoms with Gasteiger partial charge in [0, 0.05) is 18.2 Å². The van der Waals surface area contributed by atoms with Gasteiger partial charge >= 0.3 is 0 Å². The van der Waals surface area contributed by atoms with Crippen molar-refractivity contribution < 1.29 is 5.11 Å². The Kier molecular flexibility index (Phi) is 4.84. The number of benzene rings is 1. The zero-order valence-electron chi connectivity index (χ0n) is 10.1. The van der Waals surface area contributed by atoms with Crippen LogP contribution in [0.2, 0.25) is 5.02 Å². The van der Waals surface area contributed by atoms with E-state index in [4.69, 9.17) is 16.7 Å². The number of piperidine rings is 1. The third kappa shape index (κ3) is 3.98. The Balaban J connectivity index is 1.82. The predicted octanol–water partition coefficient (Wildman–Crippen LogP) is 2.93. The van der Waals surface area contributed by atoms with E-state index in [2.05, 4.69) is 11.0 Å². The molecular weight excluding hydrogens is 234 g/mol. The molecule has 0 unspecified atom stereocenters. The van der Waals surface area contributed by atoms with E-state index in [1.165, 1.54) is 18.4 Å². The number of hydrogen-bond acceptors (Lipinski definition) is 2. The first-order valence-corrected chi connectivity index (χ1v) is 6.73. The standard InChI is InChI=1S/C14H20ClNO/c15-14-3-1-2-13(10-14)11-16-7-4-12(5-8-16)6-9-17/h1-3,10,12,17H,4-9,11H2. The summed E-state index contributed by atoms with van der Waals surface area (Å²) >= 11 is 5.98. The lowest BCUT2D eigenvalue weighted by atomic mass is 9.94. The quantitative estimate of drug-likeness (QED) is 0.892. The highest BCUT2D eigenvalue weighted by Gasteiger charge is 2.18. The molecular formula is C14H20ClNO. The van der Waals surface area contributed by atoms with Gasteiger partial charge in [0.15, 0.2) is 0 Å². The Labute approximate surface area is 108 Å². The topological polar surface area (TPSA) is 23.5 Å². The number of rotatable bonds is 4. The number of nitrogens with zero attached hydrogens (tertiary/aromatic N) is 1. The molecule has 1 aliphatic rings. The minimum Gasteiger partial charge on any atom is -0.396 e. The lowest BCUT2D eigenvalue weighted by molar-refractivity contribution is 0.153. The maximum Gasteiger partial charge on any atom is 0.0433 e. The molecule has 1 aliphatic heterocycles. The molecule has 0 spiro atoms. The van der Waals surface area contributed by atoms with Crippen LogP contribution in [-0.4, -0.2) is 29.7 Å². The summed E-state index contributed by atoms with van der Waals surface area (Å²) in [5, 5.41) is 9.74. The van der Waals surface area contributed by atoms with Crippen LogP contribution in [0.25, 0.3) is 0 Å². The molecule has 3 heteroatoms. The van der Waals surface area contributed by atoms with E-state index in [0.717, 1.165) is 37.0 Å². The van der Waals surface area contributed by atoms with Crippen molar-refractivity contribution in [1.29, 1.82) is 0 Å². The van der Waals surface area contributed by atoms with Gasteiger partial charge in [0.1, 0.15) is 0 Å². The first kappa shape index (κ1) is 12.9. The highest BCUT2D eigenvalue weighted by Crippen LogP contribution is 2.22. The van der Waals surface area contributed by atoms with Crippen LogP contribution in [0.1, 0.15) is 24.8 Å². The molecule has 1 fully saturated rings. The second kappa shape index (κ2) is 6.39. The molecule has 0 atom stereocenters. The zero-order chi connectivity index (χ0) is 12.1. The molecule has 1 heterocycles. The van der Waals surface area contributed by atoms with Crippen molar-refractivity contribution in [2.75, 3.05) is 19.7 Å². The van der Waals surface area contributed by atoms with E-state index in [-0.39, 0.29) is 0 Å². The molecule has 0 saturated carbocycles. The van der Waals surface area contributed by atoms with Crippen molar-refractivity contribution in [1.82, 2.24) is 4.90 Å². The first-order valence-electron chi connectivity index (χ1n) is 6.35. The molecule has 17 heavy (non-hydrogen) atoms. The van der Waals surface area contributed by atoms with Crippen LogP contribution >= 0.6 is 11.6 Å². The van der Waals surface area contributed by atoms with Crippen LogP contribution in [0, 0.1) is 5.92 Å². The highest BCUT2D eigenvalue weighted by atomic mass is 35.5. The molecule has 2 rings (SSSR count). The molecule has 1 saturated heterocycles. The maximum atomic E-state index is 8.92. The van der Waals surface area contributed by atoms with Gasteiger partial charge < -0.3 is 5.11 Å². The Morgan fingerprint density at radius 3 is 2.71 bits per heavy atom. The summed E-state index contributed by atoms with van der Waals surface area (Å²) in [5.41, 5.74) is 1.29. The van der Waals surface area contributed by atoms with Gasteiger partial charge in [-0.15, -0.1) is 0 Å². The monoisotopic (exact) mass is 253 g/mol. The average molecular weight is 254 g/mol. The number of likely N-dealkylation sites (tertiary alicyclic amines) is 1. The van der Waals surface area contributed by atoms with Crippen LogP contribution in [0.4, 0.5) is 0 Å². The van der Waals surface area contributed by atoms with E-state index in [0.29, 0.717) is 6.61 Å². The summed E-state index contributed by atoms with van der Waals surface area (Å²) in [6.07, 6.45) is 3.38. The zero-order valence-corrected chi connectivity index (χ0v) is 10.9. The number of aliphatic hydroxyl groups excluding tert-OH is 1. The smallest absolute Gasteiger partial charge is 0.0433 e. The second-order valence-electron chi connectivity index (χ2n) is 4.86. The van der Waals surface area contributed by atoms with Gasteiger partial charge in [-0.2, -0.15) is 0 Å². The van der Waals surface area contributed by atoms with E-state index < -0.39 is 0 Å². The van der Waals surface area contributed by atoms with Gasteiger partial charge in [-0.3, -0.25) is 4.90 Å². The Hall–Kier alpha value is -0.570. The molecule has 0 radical (unpaired) electrons. The van der Waals surface area contributed by atoms with Gasteiger partial charge in [0.2, 0.25) is 0 Å². The van der Waals surface area contributed by atoms with Gasteiger partial charge in [0.05, 0.1) is 0 Å². The first-order chi connectivity index (χ1) is 8.28. The molecule has 0 amide bonds. The molecule has 2 nitrogen and oxygen atoms in total. The van der Waals surface area contributed by atoms with Gasteiger partial charge in [-0.25, -0.2) is 0 Å². The molecule has 1 N–H and O–H groups in total. The van der Waals surface area contributed by atoms with Crippen LogP contribution in [0.3, 0.4) is 0 Å². The summed E-state index contributed by atoms with van der Waals surface area (Å²) in [4.78, 5) is 2.47. The third-order valence-electron chi connectivity index (χ3n) is 3.54. The Morgan fingerprint density at radius 1 is 1.29 bits per heavy atom. The predicted molar refractivity (Wildman–Crippen MR) is 71.2 cm³/mol. The van der Waals surface area contributed by atoms with Gasteiger partial charge in [-0.1, -0.05) is 23.7 Å². The van der Waals surface area contributed by atoms with E-state index in [1.807, 2.05) is 18.2 Å². The average Bonchev–Trinajstić information content (AvgIpc) is 2.32. The molecule has 0 aliphatic carbocycles. The normalized spacial score (nSPS) is 18.5. The van der Waals surface area contributed by atoms with E-state index in [9.17, 15) is 0 Å². The van der Waals surface area contributed by atoms with Crippen molar-refractivity contribution in [3.8, 4) is 0 Å². The molecule has 0 bridgehead atoms. The Morgan fingerprint density at radius 2 is 2.06 bits per heavy atom. The van der Waals surface area contributed by atoms with Crippen LogP contribution in [0.5, 0.6) is 0 Å². The van der Waals surface area contributed by atoms with Crippen molar-refractivity contribution in [3.63, 3.8) is 0 Å².